The number of aryl methyl sites for hydroxylation is 1. The fourth-order valence-corrected chi connectivity index (χ4v) is 2.32. The van der Waals surface area contributed by atoms with Gasteiger partial charge in [-0.05, 0) is 17.9 Å². The molecule has 0 fully saturated rings. The molecule has 1 atom stereocenters. The Labute approximate surface area is 123 Å². The van der Waals surface area contributed by atoms with E-state index >= 15 is 0 Å². The molecular formula is C14H19Cl2N3. The third-order valence-electron chi connectivity index (χ3n) is 3.56. The largest absolute Gasteiger partial charge is 0.312 e. The van der Waals surface area contributed by atoms with Crippen molar-refractivity contribution in [1.29, 1.82) is 0 Å². The molecule has 104 valence electrons. The summed E-state index contributed by atoms with van der Waals surface area (Å²) in [5.74, 6) is 2.73. The zero-order chi connectivity index (χ0) is 14.0. The average Bonchev–Trinajstić information content (AvgIpc) is 2.67. The Morgan fingerprint density at radius 2 is 2.05 bits per heavy atom. The summed E-state index contributed by atoms with van der Waals surface area (Å²) in [5.41, 5.74) is 1.75. The molecule has 0 spiro atoms. The molecule has 2 rings (SSSR count). The Hall–Kier alpha value is -0.800. The lowest BCUT2D eigenvalue weighted by molar-refractivity contribution is 0.364. The molecule has 5 heteroatoms. The van der Waals surface area contributed by atoms with Gasteiger partial charge in [-0.3, -0.25) is 0 Å². The van der Waals surface area contributed by atoms with Crippen LogP contribution < -0.4 is 0 Å². The van der Waals surface area contributed by atoms with Gasteiger partial charge in [0.2, 0.25) is 0 Å². The second-order valence-corrected chi connectivity index (χ2v) is 6.11. The summed E-state index contributed by atoms with van der Waals surface area (Å²) in [6.45, 7) is 7.62. The number of halogens is 2. The number of nitrogens with zero attached hydrogens (tertiary/aromatic N) is 3. The van der Waals surface area contributed by atoms with Gasteiger partial charge in [-0.25, -0.2) is 9.97 Å². The molecule has 2 heterocycles. The van der Waals surface area contributed by atoms with E-state index < -0.39 is 0 Å². The number of hydrogen-bond acceptors (Lipinski definition) is 2. The number of fused-ring (bicyclic) bond motifs is 1. The summed E-state index contributed by atoms with van der Waals surface area (Å²) < 4.78 is 2.18. The number of alkyl halides is 1. The van der Waals surface area contributed by atoms with Crippen LogP contribution in [0, 0.1) is 11.8 Å². The highest BCUT2D eigenvalue weighted by atomic mass is 35.5. The Morgan fingerprint density at radius 3 is 2.68 bits per heavy atom. The fraction of sp³-hybridized carbons (Fsp3) is 0.571. The number of pyridine rings is 1. The summed E-state index contributed by atoms with van der Waals surface area (Å²) in [6, 6.07) is 1.86. The van der Waals surface area contributed by atoms with Gasteiger partial charge >= 0.3 is 0 Å². The van der Waals surface area contributed by atoms with E-state index in [-0.39, 0.29) is 0 Å². The predicted octanol–water partition coefficient (Wildman–Crippen LogP) is 4.16. The van der Waals surface area contributed by atoms with Gasteiger partial charge in [0.15, 0.2) is 5.65 Å². The van der Waals surface area contributed by atoms with Crippen molar-refractivity contribution in [3.8, 4) is 0 Å². The standard InChI is InChI=1S/C14H19Cl2N3/c1-9(2)10(3)8-19-13(4-5-15)18-12-6-11(16)7-17-14(12)19/h6-7,9-10H,4-5,8H2,1-3H3. The Balaban J connectivity index is 2.45. The first-order chi connectivity index (χ1) is 9.02. The third kappa shape index (κ3) is 3.21. The van der Waals surface area contributed by atoms with Crippen LogP contribution in [0.3, 0.4) is 0 Å². The Bertz CT molecular complexity index is 563. The van der Waals surface area contributed by atoms with Crippen molar-refractivity contribution >= 4 is 34.4 Å². The van der Waals surface area contributed by atoms with E-state index in [2.05, 4.69) is 35.3 Å². The summed E-state index contributed by atoms with van der Waals surface area (Å²) in [7, 11) is 0. The van der Waals surface area contributed by atoms with Gasteiger partial charge in [-0.1, -0.05) is 32.4 Å². The molecule has 19 heavy (non-hydrogen) atoms. The van der Waals surface area contributed by atoms with Crippen LogP contribution in [-0.2, 0) is 13.0 Å². The zero-order valence-electron chi connectivity index (χ0n) is 11.5. The minimum absolute atomic E-state index is 0.559. The molecule has 0 aliphatic rings. The first kappa shape index (κ1) is 14.6. The van der Waals surface area contributed by atoms with E-state index in [0.29, 0.717) is 22.7 Å². The molecular weight excluding hydrogens is 281 g/mol. The molecule has 2 aromatic heterocycles. The first-order valence-electron chi connectivity index (χ1n) is 6.59. The third-order valence-corrected chi connectivity index (χ3v) is 3.95. The molecule has 0 saturated carbocycles. The summed E-state index contributed by atoms with van der Waals surface area (Å²) in [5, 5.41) is 0.617. The highest BCUT2D eigenvalue weighted by Crippen LogP contribution is 2.22. The van der Waals surface area contributed by atoms with Gasteiger partial charge in [0, 0.05) is 25.0 Å². The van der Waals surface area contributed by atoms with Crippen molar-refractivity contribution in [2.45, 2.75) is 33.7 Å². The van der Waals surface area contributed by atoms with Crippen LogP contribution >= 0.6 is 23.2 Å². The van der Waals surface area contributed by atoms with Crippen LogP contribution in [0.4, 0.5) is 0 Å². The van der Waals surface area contributed by atoms with Gasteiger partial charge in [-0.2, -0.15) is 0 Å². The van der Waals surface area contributed by atoms with Crippen LogP contribution in [0.1, 0.15) is 26.6 Å². The molecule has 0 aromatic carbocycles. The topological polar surface area (TPSA) is 30.7 Å². The summed E-state index contributed by atoms with van der Waals surface area (Å²) in [4.78, 5) is 9.03. The van der Waals surface area contributed by atoms with E-state index in [0.717, 1.165) is 30.0 Å². The van der Waals surface area contributed by atoms with Crippen molar-refractivity contribution in [1.82, 2.24) is 14.5 Å². The second kappa shape index (κ2) is 6.10. The van der Waals surface area contributed by atoms with Crippen molar-refractivity contribution in [3.63, 3.8) is 0 Å². The lowest BCUT2D eigenvalue weighted by Crippen LogP contribution is -2.15. The van der Waals surface area contributed by atoms with Crippen molar-refractivity contribution < 1.29 is 0 Å². The highest BCUT2D eigenvalue weighted by Gasteiger charge is 2.16. The molecule has 1 unspecified atom stereocenters. The van der Waals surface area contributed by atoms with Gasteiger partial charge in [0.25, 0.3) is 0 Å². The van der Waals surface area contributed by atoms with E-state index in [1.54, 1.807) is 6.20 Å². The molecule has 0 N–H and O–H groups in total. The van der Waals surface area contributed by atoms with E-state index in [4.69, 9.17) is 23.2 Å². The molecule has 3 nitrogen and oxygen atoms in total. The van der Waals surface area contributed by atoms with Crippen LogP contribution in [0.2, 0.25) is 5.02 Å². The number of imidazole rings is 1. The van der Waals surface area contributed by atoms with E-state index in [1.165, 1.54) is 0 Å². The van der Waals surface area contributed by atoms with Gasteiger partial charge in [-0.15, -0.1) is 11.6 Å². The summed E-state index contributed by atoms with van der Waals surface area (Å²) in [6.07, 6.45) is 2.42. The lowest BCUT2D eigenvalue weighted by Gasteiger charge is -2.18. The fourth-order valence-electron chi connectivity index (χ4n) is 2.00. The predicted molar refractivity (Wildman–Crippen MR) is 81.0 cm³/mol. The van der Waals surface area contributed by atoms with Crippen molar-refractivity contribution in [3.05, 3.63) is 23.1 Å². The number of hydrogen-bond donors (Lipinski definition) is 0. The quantitative estimate of drug-likeness (QED) is 0.776. The second-order valence-electron chi connectivity index (χ2n) is 5.30. The van der Waals surface area contributed by atoms with Crippen molar-refractivity contribution in [2.24, 2.45) is 11.8 Å². The molecule has 0 bridgehead atoms. The average molecular weight is 300 g/mol. The number of aromatic nitrogens is 3. The summed E-state index contributed by atoms with van der Waals surface area (Å²) >= 11 is 11.8. The number of rotatable bonds is 5. The van der Waals surface area contributed by atoms with Crippen LogP contribution in [0.5, 0.6) is 0 Å². The van der Waals surface area contributed by atoms with Crippen LogP contribution in [0.15, 0.2) is 12.3 Å². The highest BCUT2D eigenvalue weighted by molar-refractivity contribution is 6.31. The van der Waals surface area contributed by atoms with E-state index in [1.807, 2.05) is 6.07 Å². The van der Waals surface area contributed by atoms with Crippen molar-refractivity contribution in [2.75, 3.05) is 5.88 Å². The monoisotopic (exact) mass is 299 g/mol. The molecule has 0 aliphatic carbocycles. The maximum atomic E-state index is 5.98. The minimum Gasteiger partial charge on any atom is -0.312 e. The van der Waals surface area contributed by atoms with Crippen LogP contribution in [0.25, 0.3) is 11.2 Å². The Morgan fingerprint density at radius 1 is 1.32 bits per heavy atom. The molecule has 0 saturated heterocycles. The molecule has 0 radical (unpaired) electrons. The van der Waals surface area contributed by atoms with E-state index in [9.17, 15) is 0 Å². The molecule has 0 amide bonds. The van der Waals surface area contributed by atoms with Gasteiger partial charge < -0.3 is 4.57 Å². The smallest absolute Gasteiger partial charge is 0.160 e. The SMILES string of the molecule is CC(C)C(C)Cn1c(CCCl)nc2cc(Cl)cnc21. The van der Waals surface area contributed by atoms with Crippen LogP contribution in [-0.4, -0.2) is 20.4 Å². The lowest BCUT2D eigenvalue weighted by atomic mass is 9.98. The zero-order valence-corrected chi connectivity index (χ0v) is 13.0. The maximum absolute atomic E-state index is 5.98. The normalized spacial score (nSPS) is 13.4. The molecule has 0 aliphatic heterocycles. The molecule has 2 aromatic rings. The maximum Gasteiger partial charge on any atom is 0.160 e. The Kier molecular flexibility index (Phi) is 4.69. The minimum atomic E-state index is 0.559. The van der Waals surface area contributed by atoms with Gasteiger partial charge in [0.1, 0.15) is 11.3 Å². The first-order valence-corrected chi connectivity index (χ1v) is 7.50. The van der Waals surface area contributed by atoms with Gasteiger partial charge in [0.05, 0.1) is 5.02 Å².